The average Bonchev–Trinajstić information content (AvgIpc) is 2.30. The van der Waals surface area contributed by atoms with Crippen LogP contribution in [0.1, 0.15) is 38.1 Å². The quantitative estimate of drug-likeness (QED) is 0.716. The molecule has 0 amide bonds. The van der Waals surface area contributed by atoms with Gasteiger partial charge in [-0.25, -0.2) is 9.97 Å². The maximum atomic E-state index is 4.30. The fraction of sp³-hybridized carbons (Fsp3) is 0.636. The topological polar surface area (TPSA) is 29.0 Å². The zero-order valence-corrected chi connectivity index (χ0v) is 8.69. The van der Waals surface area contributed by atoms with Crippen LogP contribution >= 0.6 is 0 Å². The summed E-state index contributed by atoms with van der Waals surface area (Å²) in [6, 6.07) is 2.24. The van der Waals surface area contributed by atoms with E-state index in [2.05, 4.69) is 21.8 Å². The smallest absolute Gasteiger partial charge is 0.145 e. The van der Waals surface area contributed by atoms with Gasteiger partial charge >= 0.3 is 0 Å². The monoisotopic (exact) mass is 191 g/mol. The van der Waals surface area contributed by atoms with E-state index in [1.807, 2.05) is 18.5 Å². The summed E-state index contributed by atoms with van der Waals surface area (Å²) in [4.78, 5) is 11.1. The fourth-order valence-electron chi connectivity index (χ4n) is 2.00. The molecule has 1 unspecified atom stereocenters. The van der Waals surface area contributed by atoms with E-state index >= 15 is 0 Å². The first-order valence-corrected chi connectivity index (χ1v) is 5.39. The average molecular weight is 191 g/mol. The summed E-state index contributed by atoms with van der Waals surface area (Å²) in [5, 5.41) is 0. The molecule has 3 heteroatoms. The van der Waals surface area contributed by atoms with Crippen LogP contribution < -0.4 is 0 Å². The lowest BCUT2D eigenvalue weighted by molar-refractivity contribution is 0.169. The highest BCUT2D eigenvalue weighted by Gasteiger charge is 2.19. The molecule has 0 saturated carbocycles. The summed E-state index contributed by atoms with van der Waals surface area (Å²) < 4.78 is 0. The lowest BCUT2D eigenvalue weighted by atomic mass is 10.1. The van der Waals surface area contributed by atoms with Gasteiger partial charge in [-0.3, -0.25) is 4.90 Å². The highest BCUT2D eigenvalue weighted by molar-refractivity contribution is 4.95. The number of hydrogen-bond acceptors (Lipinski definition) is 3. The second-order valence-corrected chi connectivity index (χ2v) is 3.88. The number of piperidine rings is 1. The van der Waals surface area contributed by atoms with Gasteiger partial charge in [0, 0.05) is 12.4 Å². The SMILES string of the molecule is CC(c1ncccn1)N1CCCCC1. The van der Waals surface area contributed by atoms with E-state index in [0.29, 0.717) is 6.04 Å². The van der Waals surface area contributed by atoms with Crippen molar-refractivity contribution in [1.29, 1.82) is 0 Å². The van der Waals surface area contributed by atoms with E-state index in [9.17, 15) is 0 Å². The van der Waals surface area contributed by atoms with Crippen molar-refractivity contribution in [1.82, 2.24) is 14.9 Å². The molecule has 14 heavy (non-hydrogen) atoms. The maximum Gasteiger partial charge on any atom is 0.145 e. The Hall–Kier alpha value is -0.960. The van der Waals surface area contributed by atoms with Crippen molar-refractivity contribution < 1.29 is 0 Å². The van der Waals surface area contributed by atoms with Gasteiger partial charge in [0.2, 0.25) is 0 Å². The third-order valence-electron chi connectivity index (χ3n) is 2.90. The fourth-order valence-corrected chi connectivity index (χ4v) is 2.00. The zero-order chi connectivity index (χ0) is 9.80. The largest absolute Gasteiger partial charge is 0.294 e. The normalized spacial score (nSPS) is 20.6. The first kappa shape index (κ1) is 9.59. The third kappa shape index (κ3) is 2.10. The molecule has 2 heterocycles. The van der Waals surface area contributed by atoms with Crippen molar-refractivity contribution in [3.05, 3.63) is 24.3 Å². The number of aromatic nitrogens is 2. The standard InChI is InChI=1S/C11H17N3/c1-10(11-12-6-5-7-13-11)14-8-3-2-4-9-14/h5-7,10H,2-4,8-9H2,1H3. The Morgan fingerprint density at radius 2 is 1.79 bits per heavy atom. The van der Waals surface area contributed by atoms with Crippen LogP contribution in [0, 0.1) is 0 Å². The molecule has 0 aromatic carbocycles. The molecule has 1 aromatic rings. The first-order valence-electron chi connectivity index (χ1n) is 5.39. The van der Waals surface area contributed by atoms with Crippen LogP contribution in [0.4, 0.5) is 0 Å². The Morgan fingerprint density at radius 1 is 1.14 bits per heavy atom. The number of hydrogen-bond donors (Lipinski definition) is 0. The Balaban J connectivity index is 2.03. The summed E-state index contributed by atoms with van der Waals surface area (Å²) in [6.07, 6.45) is 7.65. The summed E-state index contributed by atoms with van der Waals surface area (Å²) in [7, 11) is 0. The van der Waals surface area contributed by atoms with Crippen molar-refractivity contribution in [2.75, 3.05) is 13.1 Å². The van der Waals surface area contributed by atoms with Gasteiger partial charge in [-0.1, -0.05) is 6.42 Å². The van der Waals surface area contributed by atoms with Gasteiger partial charge in [0.05, 0.1) is 6.04 Å². The highest BCUT2D eigenvalue weighted by atomic mass is 15.2. The number of rotatable bonds is 2. The third-order valence-corrected chi connectivity index (χ3v) is 2.90. The van der Waals surface area contributed by atoms with E-state index in [1.165, 1.54) is 32.4 Å². The molecule has 0 spiro atoms. The maximum absolute atomic E-state index is 4.30. The zero-order valence-electron chi connectivity index (χ0n) is 8.69. The number of likely N-dealkylation sites (tertiary alicyclic amines) is 1. The van der Waals surface area contributed by atoms with Crippen molar-refractivity contribution in [3.8, 4) is 0 Å². The first-order chi connectivity index (χ1) is 6.88. The molecule has 0 N–H and O–H groups in total. The second kappa shape index (κ2) is 4.51. The lowest BCUT2D eigenvalue weighted by Gasteiger charge is -2.31. The van der Waals surface area contributed by atoms with Crippen LogP contribution in [0.25, 0.3) is 0 Å². The molecule has 1 atom stereocenters. The summed E-state index contributed by atoms with van der Waals surface area (Å²) in [5.41, 5.74) is 0. The number of nitrogens with zero attached hydrogens (tertiary/aromatic N) is 3. The molecule has 2 rings (SSSR count). The van der Waals surface area contributed by atoms with Gasteiger partial charge in [0.25, 0.3) is 0 Å². The van der Waals surface area contributed by atoms with Crippen LogP contribution in [-0.4, -0.2) is 28.0 Å². The van der Waals surface area contributed by atoms with Gasteiger partial charge in [-0.05, 0) is 38.9 Å². The molecule has 0 aliphatic carbocycles. The Labute approximate surface area is 85.2 Å². The second-order valence-electron chi connectivity index (χ2n) is 3.88. The Morgan fingerprint density at radius 3 is 2.43 bits per heavy atom. The minimum Gasteiger partial charge on any atom is -0.294 e. The van der Waals surface area contributed by atoms with Gasteiger partial charge in [-0.15, -0.1) is 0 Å². The Bertz CT molecular complexity index is 267. The van der Waals surface area contributed by atoms with Crippen LogP contribution in [0.15, 0.2) is 18.5 Å². The van der Waals surface area contributed by atoms with E-state index in [-0.39, 0.29) is 0 Å². The summed E-state index contributed by atoms with van der Waals surface area (Å²) in [5.74, 6) is 0.953. The Kier molecular flexibility index (Phi) is 3.09. The van der Waals surface area contributed by atoms with Gasteiger partial charge in [-0.2, -0.15) is 0 Å². The van der Waals surface area contributed by atoms with E-state index in [1.54, 1.807) is 0 Å². The molecule has 1 aromatic heterocycles. The van der Waals surface area contributed by atoms with Gasteiger partial charge in [0.15, 0.2) is 0 Å². The van der Waals surface area contributed by atoms with Crippen molar-refractivity contribution >= 4 is 0 Å². The minimum absolute atomic E-state index is 0.372. The van der Waals surface area contributed by atoms with E-state index in [4.69, 9.17) is 0 Å². The van der Waals surface area contributed by atoms with Crippen molar-refractivity contribution in [2.24, 2.45) is 0 Å². The molecule has 0 bridgehead atoms. The molecule has 0 radical (unpaired) electrons. The molecular weight excluding hydrogens is 174 g/mol. The van der Waals surface area contributed by atoms with Crippen LogP contribution in [0.5, 0.6) is 0 Å². The van der Waals surface area contributed by atoms with Gasteiger partial charge in [0.1, 0.15) is 5.82 Å². The van der Waals surface area contributed by atoms with Crippen molar-refractivity contribution in [2.45, 2.75) is 32.2 Å². The molecule has 1 saturated heterocycles. The van der Waals surface area contributed by atoms with Crippen LogP contribution in [0.3, 0.4) is 0 Å². The van der Waals surface area contributed by atoms with Crippen LogP contribution in [-0.2, 0) is 0 Å². The van der Waals surface area contributed by atoms with Gasteiger partial charge < -0.3 is 0 Å². The van der Waals surface area contributed by atoms with Crippen molar-refractivity contribution in [3.63, 3.8) is 0 Å². The predicted molar refractivity (Wildman–Crippen MR) is 55.9 cm³/mol. The predicted octanol–water partition coefficient (Wildman–Crippen LogP) is 2.02. The van der Waals surface area contributed by atoms with E-state index < -0.39 is 0 Å². The lowest BCUT2D eigenvalue weighted by Crippen LogP contribution is -2.33. The molecule has 3 nitrogen and oxygen atoms in total. The minimum atomic E-state index is 0.372. The summed E-state index contributed by atoms with van der Waals surface area (Å²) in [6.45, 7) is 4.58. The molecule has 1 fully saturated rings. The van der Waals surface area contributed by atoms with Crippen LogP contribution in [0.2, 0.25) is 0 Å². The van der Waals surface area contributed by atoms with E-state index in [0.717, 1.165) is 5.82 Å². The molecule has 1 aliphatic rings. The molecule has 76 valence electrons. The molecular formula is C11H17N3. The molecule has 1 aliphatic heterocycles. The summed E-state index contributed by atoms with van der Waals surface area (Å²) >= 11 is 0. The highest BCUT2D eigenvalue weighted by Crippen LogP contribution is 2.20.